The van der Waals surface area contributed by atoms with Crippen LogP contribution in [0.15, 0.2) is 18.2 Å². The van der Waals surface area contributed by atoms with Crippen molar-refractivity contribution in [3.8, 4) is 6.07 Å². The maximum Gasteiger partial charge on any atom is 0.124 e. The number of rotatable bonds is 2. The quantitative estimate of drug-likeness (QED) is 0.806. The molecule has 0 radical (unpaired) electrons. The molecule has 0 saturated carbocycles. The van der Waals surface area contributed by atoms with Crippen molar-refractivity contribution in [3.63, 3.8) is 0 Å². The van der Waals surface area contributed by atoms with Crippen LogP contribution in [0.25, 0.3) is 0 Å². The van der Waals surface area contributed by atoms with E-state index in [4.69, 9.17) is 5.26 Å². The average Bonchev–Trinajstić information content (AvgIpc) is 2.14. The van der Waals surface area contributed by atoms with Crippen LogP contribution in [0, 0.1) is 22.6 Å². The van der Waals surface area contributed by atoms with Gasteiger partial charge >= 0.3 is 0 Å². The van der Waals surface area contributed by atoms with Crippen molar-refractivity contribution in [3.05, 3.63) is 29.6 Å². The number of anilines is 1. The maximum atomic E-state index is 12.8. The lowest BCUT2D eigenvalue weighted by atomic mass is 9.97. The maximum absolute atomic E-state index is 12.8. The normalized spacial score (nSPS) is 10.9. The van der Waals surface area contributed by atoms with Crippen LogP contribution in [0.5, 0.6) is 0 Å². The summed E-state index contributed by atoms with van der Waals surface area (Å²) in [4.78, 5) is 0. The molecular weight excluding hydrogens is 191 g/mol. The molecule has 0 atom stereocenters. The highest BCUT2D eigenvalue weighted by Gasteiger charge is 2.11. The molecule has 0 aliphatic carbocycles. The van der Waals surface area contributed by atoms with Crippen LogP contribution in [0.1, 0.15) is 26.3 Å². The average molecular weight is 206 g/mol. The zero-order chi connectivity index (χ0) is 11.5. The van der Waals surface area contributed by atoms with E-state index in [9.17, 15) is 4.39 Å². The summed E-state index contributed by atoms with van der Waals surface area (Å²) in [6.07, 6.45) is 0. The van der Waals surface area contributed by atoms with Gasteiger partial charge in [-0.1, -0.05) is 20.8 Å². The van der Waals surface area contributed by atoms with Crippen molar-refractivity contribution in [1.82, 2.24) is 0 Å². The van der Waals surface area contributed by atoms with Crippen LogP contribution in [0.4, 0.5) is 10.1 Å². The molecule has 1 aromatic carbocycles. The fourth-order valence-electron chi connectivity index (χ4n) is 1.12. The SMILES string of the molecule is CC(C)(C)CNc1ccc(F)cc1C#N. The fourth-order valence-corrected chi connectivity index (χ4v) is 1.12. The molecule has 0 unspecified atom stereocenters. The Bertz CT molecular complexity index is 386. The van der Waals surface area contributed by atoms with Gasteiger partial charge in [0, 0.05) is 6.54 Å². The molecule has 80 valence electrons. The predicted octanol–water partition coefficient (Wildman–Crippen LogP) is 3.16. The van der Waals surface area contributed by atoms with Crippen LogP contribution in [-0.2, 0) is 0 Å². The Balaban J connectivity index is 2.82. The molecule has 1 N–H and O–H groups in total. The molecule has 0 saturated heterocycles. The fraction of sp³-hybridized carbons (Fsp3) is 0.417. The van der Waals surface area contributed by atoms with Crippen LogP contribution in [0.2, 0.25) is 0 Å². The summed E-state index contributed by atoms with van der Waals surface area (Å²) in [5.41, 5.74) is 1.16. The Morgan fingerprint density at radius 3 is 2.60 bits per heavy atom. The van der Waals surface area contributed by atoms with Crippen LogP contribution >= 0.6 is 0 Å². The molecule has 0 aliphatic rings. The number of nitriles is 1. The van der Waals surface area contributed by atoms with E-state index in [1.165, 1.54) is 12.1 Å². The number of nitrogens with one attached hydrogen (secondary N) is 1. The summed E-state index contributed by atoms with van der Waals surface area (Å²) < 4.78 is 12.8. The first kappa shape index (κ1) is 11.5. The third-order valence-corrected chi connectivity index (χ3v) is 1.91. The van der Waals surface area contributed by atoms with Crippen molar-refractivity contribution in [2.45, 2.75) is 20.8 Å². The summed E-state index contributed by atoms with van der Waals surface area (Å²) in [5, 5.41) is 12.0. The van der Waals surface area contributed by atoms with E-state index in [1.807, 2.05) is 6.07 Å². The number of hydrogen-bond donors (Lipinski definition) is 1. The number of nitrogens with zero attached hydrogens (tertiary/aromatic N) is 1. The lowest BCUT2D eigenvalue weighted by molar-refractivity contribution is 0.443. The summed E-state index contributed by atoms with van der Waals surface area (Å²) in [6.45, 7) is 7.02. The van der Waals surface area contributed by atoms with Crippen molar-refractivity contribution < 1.29 is 4.39 Å². The number of halogens is 1. The van der Waals surface area contributed by atoms with Gasteiger partial charge < -0.3 is 5.32 Å². The van der Waals surface area contributed by atoms with Crippen molar-refractivity contribution in [2.24, 2.45) is 5.41 Å². The Morgan fingerprint density at radius 1 is 1.40 bits per heavy atom. The Hall–Kier alpha value is -1.56. The van der Waals surface area contributed by atoms with E-state index < -0.39 is 0 Å². The molecule has 1 rings (SSSR count). The summed E-state index contributed by atoms with van der Waals surface area (Å²) >= 11 is 0. The van der Waals surface area contributed by atoms with Crippen molar-refractivity contribution in [1.29, 1.82) is 5.26 Å². The smallest absolute Gasteiger partial charge is 0.124 e. The van der Waals surface area contributed by atoms with Gasteiger partial charge in [-0.05, 0) is 23.6 Å². The molecule has 0 heterocycles. The lowest BCUT2D eigenvalue weighted by Crippen LogP contribution is -2.19. The minimum atomic E-state index is -0.382. The second-order valence-electron chi connectivity index (χ2n) is 4.72. The van der Waals surface area contributed by atoms with Crippen LogP contribution < -0.4 is 5.32 Å². The van der Waals surface area contributed by atoms with Gasteiger partial charge in [-0.3, -0.25) is 0 Å². The monoisotopic (exact) mass is 206 g/mol. The molecule has 2 nitrogen and oxygen atoms in total. The third kappa shape index (κ3) is 3.59. The second kappa shape index (κ2) is 4.31. The van der Waals surface area contributed by atoms with Gasteiger partial charge in [-0.15, -0.1) is 0 Å². The van der Waals surface area contributed by atoms with E-state index >= 15 is 0 Å². The first-order valence-electron chi connectivity index (χ1n) is 4.86. The number of benzene rings is 1. The zero-order valence-corrected chi connectivity index (χ0v) is 9.26. The molecule has 1 aromatic rings. The van der Waals surface area contributed by atoms with Gasteiger partial charge in [0.25, 0.3) is 0 Å². The minimum Gasteiger partial charge on any atom is -0.383 e. The van der Waals surface area contributed by atoms with Crippen molar-refractivity contribution >= 4 is 5.69 Å². The van der Waals surface area contributed by atoms with Gasteiger partial charge in [-0.2, -0.15) is 5.26 Å². The molecule has 0 spiro atoms. The highest BCUT2D eigenvalue weighted by atomic mass is 19.1. The van der Waals surface area contributed by atoms with Crippen molar-refractivity contribution in [2.75, 3.05) is 11.9 Å². The number of hydrogen-bond acceptors (Lipinski definition) is 2. The molecule has 0 fully saturated rings. The first-order chi connectivity index (χ1) is 6.92. The Morgan fingerprint density at radius 2 is 2.07 bits per heavy atom. The van der Waals surface area contributed by atoms with E-state index in [2.05, 4.69) is 26.1 Å². The molecule has 0 aliphatic heterocycles. The Labute approximate surface area is 89.7 Å². The van der Waals surface area contributed by atoms with E-state index in [1.54, 1.807) is 6.07 Å². The topological polar surface area (TPSA) is 35.8 Å². The summed E-state index contributed by atoms with van der Waals surface area (Å²) in [7, 11) is 0. The van der Waals surface area contributed by atoms with Crippen LogP contribution in [-0.4, -0.2) is 6.54 Å². The van der Waals surface area contributed by atoms with E-state index in [-0.39, 0.29) is 11.2 Å². The summed E-state index contributed by atoms with van der Waals surface area (Å²) in [5.74, 6) is -0.382. The minimum absolute atomic E-state index is 0.126. The largest absolute Gasteiger partial charge is 0.383 e. The van der Waals surface area contributed by atoms with Gasteiger partial charge in [-0.25, -0.2) is 4.39 Å². The summed E-state index contributed by atoms with van der Waals surface area (Å²) in [6, 6.07) is 6.16. The van der Waals surface area contributed by atoms with E-state index in [0.717, 1.165) is 6.54 Å². The van der Waals surface area contributed by atoms with Gasteiger partial charge in [0.2, 0.25) is 0 Å². The second-order valence-corrected chi connectivity index (χ2v) is 4.72. The first-order valence-corrected chi connectivity index (χ1v) is 4.86. The third-order valence-electron chi connectivity index (χ3n) is 1.91. The molecule has 0 aromatic heterocycles. The molecule has 0 amide bonds. The molecule has 3 heteroatoms. The van der Waals surface area contributed by atoms with Crippen LogP contribution in [0.3, 0.4) is 0 Å². The van der Waals surface area contributed by atoms with Gasteiger partial charge in [0.05, 0.1) is 11.3 Å². The highest BCUT2D eigenvalue weighted by Crippen LogP contribution is 2.19. The van der Waals surface area contributed by atoms with E-state index in [0.29, 0.717) is 11.3 Å². The standard InChI is InChI=1S/C12H15FN2/c1-12(2,3)8-15-11-5-4-10(13)6-9(11)7-14/h4-6,15H,8H2,1-3H3. The zero-order valence-electron chi connectivity index (χ0n) is 9.26. The highest BCUT2D eigenvalue weighted by molar-refractivity contribution is 5.57. The molecular formula is C12H15FN2. The predicted molar refractivity (Wildman–Crippen MR) is 59.1 cm³/mol. The molecule has 0 bridgehead atoms. The lowest BCUT2D eigenvalue weighted by Gasteiger charge is -2.20. The van der Waals surface area contributed by atoms with Gasteiger partial charge in [0.15, 0.2) is 0 Å². The van der Waals surface area contributed by atoms with Gasteiger partial charge in [0.1, 0.15) is 11.9 Å². The molecule has 15 heavy (non-hydrogen) atoms. The Kier molecular flexibility index (Phi) is 3.31.